The molecule has 0 spiro atoms. The zero-order chi connectivity index (χ0) is 13.8. The third-order valence-electron chi connectivity index (χ3n) is 3.33. The van der Waals surface area contributed by atoms with Crippen LogP contribution in [-0.2, 0) is 0 Å². The highest BCUT2D eigenvalue weighted by Crippen LogP contribution is 2.32. The molecule has 20 heavy (non-hydrogen) atoms. The molecule has 0 aliphatic heterocycles. The molecule has 1 aliphatic carbocycles. The fourth-order valence-corrected chi connectivity index (χ4v) is 2.64. The Labute approximate surface area is 128 Å². The van der Waals surface area contributed by atoms with Gasteiger partial charge in [0.1, 0.15) is 0 Å². The highest BCUT2D eigenvalue weighted by Gasteiger charge is 2.13. The molecule has 1 aliphatic rings. The quantitative estimate of drug-likeness (QED) is 0.687. The highest BCUT2D eigenvalue weighted by molar-refractivity contribution is 9.10. The molecule has 0 heterocycles. The lowest BCUT2D eigenvalue weighted by Gasteiger charge is -2.27. The molecule has 0 aromatic heterocycles. The number of nitrogens with zero attached hydrogens (tertiary/aromatic N) is 1. The lowest BCUT2D eigenvalue weighted by molar-refractivity contribution is 0.997. The van der Waals surface area contributed by atoms with Crippen molar-refractivity contribution >= 4 is 27.3 Å². The van der Waals surface area contributed by atoms with Gasteiger partial charge in [-0.25, -0.2) is 0 Å². The molecule has 0 bridgehead atoms. The van der Waals surface area contributed by atoms with Crippen molar-refractivity contribution in [2.24, 2.45) is 0 Å². The molecule has 100 valence electrons. The maximum Gasteiger partial charge on any atom is 0.0462 e. The summed E-state index contributed by atoms with van der Waals surface area (Å²) in [4.78, 5) is 2.29. The van der Waals surface area contributed by atoms with Gasteiger partial charge in [0.2, 0.25) is 0 Å². The third kappa shape index (κ3) is 2.86. The number of halogens is 1. The Bertz CT molecular complexity index is 626. The number of para-hydroxylation sites is 1. The van der Waals surface area contributed by atoms with Crippen molar-refractivity contribution in [1.82, 2.24) is 0 Å². The van der Waals surface area contributed by atoms with Crippen molar-refractivity contribution in [2.75, 3.05) is 4.90 Å². The van der Waals surface area contributed by atoms with E-state index in [4.69, 9.17) is 0 Å². The van der Waals surface area contributed by atoms with Crippen molar-refractivity contribution in [3.8, 4) is 0 Å². The summed E-state index contributed by atoms with van der Waals surface area (Å²) >= 11 is 3.50. The number of hydrogen-bond donors (Lipinski definition) is 0. The Morgan fingerprint density at radius 2 is 1.50 bits per heavy atom. The molecular formula is C18H16BrN. The monoisotopic (exact) mass is 325 g/mol. The summed E-state index contributed by atoms with van der Waals surface area (Å²) in [6.07, 6.45) is 8.98. The molecule has 0 radical (unpaired) electrons. The second kappa shape index (κ2) is 6.10. The van der Waals surface area contributed by atoms with Gasteiger partial charge in [-0.15, -0.1) is 0 Å². The lowest BCUT2D eigenvalue weighted by atomic mass is 10.1. The van der Waals surface area contributed by atoms with Gasteiger partial charge in [-0.1, -0.05) is 46.3 Å². The van der Waals surface area contributed by atoms with Gasteiger partial charge in [0, 0.05) is 21.5 Å². The van der Waals surface area contributed by atoms with Gasteiger partial charge in [-0.2, -0.15) is 0 Å². The SMILES string of the molecule is Brc1ccc(N(C2=CCCC=C2)c2ccccc2)cc1. The van der Waals surface area contributed by atoms with Crippen LogP contribution in [0.1, 0.15) is 12.8 Å². The fraction of sp³-hybridized carbons (Fsp3) is 0.111. The summed E-state index contributed by atoms with van der Waals surface area (Å²) in [5, 5.41) is 0. The van der Waals surface area contributed by atoms with Crippen molar-refractivity contribution < 1.29 is 0 Å². The molecule has 2 aromatic rings. The van der Waals surface area contributed by atoms with Gasteiger partial charge in [-0.05, 0) is 55.3 Å². The Morgan fingerprint density at radius 3 is 2.15 bits per heavy atom. The van der Waals surface area contributed by atoms with Gasteiger partial charge in [0.25, 0.3) is 0 Å². The second-order valence-corrected chi connectivity index (χ2v) is 5.67. The maximum absolute atomic E-state index is 3.50. The van der Waals surface area contributed by atoms with Crippen LogP contribution in [-0.4, -0.2) is 0 Å². The predicted octanol–water partition coefficient (Wildman–Crippen LogP) is 5.82. The smallest absolute Gasteiger partial charge is 0.0462 e. The van der Waals surface area contributed by atoms with Crippen LogP contribution in [0.5, 0.6) is 0 Å². The summed E-state index contributed by atoms with van der Waals surface area (Å²) in [5.41, 5.74) is 3.61. The topological polar surface area (TPSA) is 3.24 Å². The summed E-state index contributed by atoms with van der Waals surface area (Å²) in [6, 6.07) is 18.9. The number of allylic oxidation sites excluding steroid dienone is 3. The molecule has 0 saturated heterocycles. The molecular weight excluding hydrogens is 310 g/mol. The van der Waals surface area contributed by atoms with E-state index >= 15 is 0 Å². The van der Waals surface area contributed by atoms with E-state index in [2.05, 4.69) is 87.6 Å². The van der Waals surface area contributed by atoms with Crippen LogP contribution in [0.4, 0.5) is 11.4 Å². The number of benzene rings is 2. The third-order valence-corrected chi connectivity index (χ3v) is 3.86. The molecule has 2 heteroatoms. The molecule has 3 rings (SSSR count). The molecule has 0 unspecified atom stereocenters. The molecule has 0 saturated carbocycles. The Balaban J connectivity index is 2.06. The van der Waals surface area contributed by atoms with E-state index in [1.165, 1.54) is 17.1 Å². The minimum Gasteiger partial charge on any atom is -0.311 e. The summed E-state index contributed by atoms with van der Waals surface area (Å²) in [6.45, 7) is 0. The van der Waals surface area contributed by atoms with Crippen molar-refractivity contribution in [3.63, 3.8) is 0 Å². The lowest BCUT2D eigenvalue weighted by Crippen LogP contribution is -2.15. The van der Waals surface area contributed by atoms with E-state index in [0.717, 1.165) is 17.3 Å². The highest BCUT2D eigenvalue weighted by atomic mass is 79.9. The van der Waals surface area contributed by atoms with Crippen LogP contribution < -0.4 is 4.90 Å². The van der Waals surface area contributed by atoms with Crippen molar-refractivity contribution in [2.45, 2.75) is 12.8 Å². The van der Waals surface area contributed by atoms with Crippen LogP contribution in [0.25, 0.3) is 0 Å². The van der Waals surface area contributed by atoms with Gasteiger partial charge < -0.3 is 4.90 Å². The van der Waals surface area contributed by atoms with Crippen LogP contribution >= 0.6 is 15.9 Å². The fourth-order valence-electron chi connectivity index (χ4n) is 2.38. The first kappa shape index (κ1) is 13.2. The van der Waals surface area contributed by atoms with Crippen molar-refractivity contribution in [1.29, 1.82) is 0 Å². The minimum absolute atomic E-state index is 1.10. The average Bonchev–Trinajstić information content (AvgIpc) is 2.52. The van der Waals surface area contributed by atoms with Gasteiger partial charge >= 0.3 is 0 Å². The van der Waals surface area contributed by atoms with Gasteiger partial charge in [0.05, 0.1) is 0 Å². The molecule has 0 atom stereocenters. The molecule has 0 amide bonds. The zero-order valence-corrected chi connectivity index (χ0v) is 12.8. The second-order valence-electron chi connectivity index (χ2n) is 4.76. The number of anilines is 2. The largest absolute Gasteiger partial charge is 0.311 e. The standard InChI is InChI=1S/C18H16BrN/c19-15-11-13-18(14-12-15)20(16-7-3-1-4-8-16)17-9-5-2-6-10-17/h1,3-5,7-14H,2,6H2. The average molecular weight is 326 g/mol. The Morgan fingerprint density at radius 1 is 0.800 bits per heavy atom. The van der Waals surface area contributed by atoms with Crippen LogP contribution in [0.3, 0.4) is 0 Å². The first-order valence-electron chi connectivity index (χ1n) is 6.82. The number of rotatable bonds is 3. The van der Waals surface area contributed by atoms with E-state index in [0.29, 0.717) is 0 Å². The Kier molecular flexibility index (Phi) is 4.03. The molecule has 0 N–H and O–H groups in total. The van der Waals surface area contributed by atoms with E-state index in [1.807, 2.05) is 6.07 Å². The minimum atomic E-state index is 1.10. The van der Waals surface area contributed by atoms with E-state index in [9.17, 15) is 0 Å². The van der Waals surface area contributed by atoms with Crippen LogP contribution in [0.2, 0.25) is 0 Å². The molecule has 1 nitrogen and oxygen atoms in total. The molecule has 2 aromatic carbocycles. The normalized spacial score (nSPS) is 13.9. The van der Waals surface area contributed by atoms with Crippen molar-refractivity contribution in [3.05, 3.63) is 83.0 Å². The summed E-state index contributed by atoms with van der Waals surface area (Å²) < 4.78 is 1.10. The van der Waals surface area contributed by atoms with E-state index in [-0.39, 0.29) is 0 Å². The van der Waals surface area contributed by atoms with Gasteiger partial charge in [-0.3, -0.25) is 0 Å². The first-order valence-corrected chi connectivity index (χ1v) is 7.61. The van der Waals surface area contributed by atoms with E-state index in [1.54, 1.807) is 0 Å². The van der Waals surface area contributed by atoms with Gasteiger partial charge in [0.15, 0.2) is 0 Å². The van der Waals surface area contributed by atoms with E-state index < -0.39 is 0 Å². The zero-order valence-electron chi connectivity index (χ0n) is 11.2. The Hall–Kier alpha value is -1.80. The van der Waals surface area contributed by atoms with Crippen LogP contribution in [0.15, 0.2) is 83.0 Å². The predicted molar refractivity (Wildman–Crippen MR) is 89.2 cm³/mol. The molecule has 0 fully saturated rings. The number of hydrogen-bond acceptors (Lipinski definition) is 1. The summed E-state index contributed by atoms with van der Waals surface area (Å²) in [7, 11) is 0. The van der Waals surface area contributed by atoms with Crippen LogP contribution in [0, 0.1) is 0 Å². The maximum atomic E-state index is 3.50. The first-order chi connectivity index (χ1) is 9.84. The summed E-state index contributed by atoms with van der Waals surface area (Å²) in [5.74, 6) is 0.